The highest BCUT2D eigenvalue weighted by molar-refractivity contribution is 5.02. The van der Waals surface area contributed by atoms with E-state index in [1.807, 2.05) is 0 Å². The van der Waals surface area contributed by atoms with Gasteiger partial charge < -0.3 is 5.73 Å². The van der Waals surface area contributed by atoms with Crippen molar-refractivity contribution in [3.63, 3.8) is 0 Å². The molecule has 2 rings (SSSR count). The largest absolute Gasteiger partial charge is 0.330 e. The van der Waals surface area contributed by atoms with Crippen molar-refractivity contribution in [2.75, 3.05) is 6.54 Å². The van der Waals surface area contributed by atoms with Crippen molar-refractivity contribution >= 4 is 0 Å². The maximum absolute atomic E-state index is 13.2. The van der Waals surface area contributed by atoms with E-state index in [4.69, 9.17) is 5.73 Å². The third kappa shape index (κ3) is 0.835. The summed E-state index contributed by atoms with van der Waals surface area (Å²) in [6, 6.07) is 0. The molecule has 64 valence electrons. The number of hydrogen-bond donors (Lipinski definition) is 1. The smallest absolute Gasteiger partial charge is 0.254 e. The van der Waals surface area contributed by atoms with Gasteiger partial charge in [0, 0.05) is 11.8 Å². The van der Waals surface area contributed by atoms with E-state index in [0.717, 1.165) is 0 Å². The van der Waals surface area contributed by atoms with Crippen molar-refractivity contribution in [2.45, 2.75) is 25.2 Å². The van der Waals surface area contributed by atoms with Crippen LogP contribution < -0.4 is 5.73 Å². The SMILES string of the molecule is NCC1CC2CCC1C2(F)F. The van der Waals surface area contributed by atoms with E-state index >= 15 is 0 Å². The van der Waals surface area contributed by atoms with Gasteiger partial charge in [-0.1, -0.05) is 0 Å². The van der Waals surface area contributed by atoms with Crippen LogP contribution in [-0.2, 0) is 0 Å². The first kappa shape index (κ1) is 7.47. The number of hydrogen-bond acceptors (Lipinski definition) is 1. The summed E-state index contributed by atoms with van der Waals surface area (Å²) in [4.78, 5) is 0. The zero-order valence-electron chi connectivity index (χ0n) is 6.39. The summed E-state index contributed by atoms with van der Waals surface area (Å²) in [5.41, 5.74) is 5.41. The van der Waals surface area contributed by atoms with Gasteiger partial charge in [-0.25, -0.2) is 8.78 Å². The number of halogens is 2. The summed E-state index contributed by atoms with van der Waals surface area (Å²) >= 11 is 0. The van der Waals surface area contributed by atoms with Gasteiger partial charge in [-0.05, 0) is 31.7 Å². The Labute approximate surface area is 65.0 Å². The van der Waals surface area contributed by atoms with Gasteiger partial charge in [0.05, 0.1) is 0 Å². The molecule has 2 fully saturated rings. The molecule has 2 bridgehead atoms. The Balaban J connectivity index is 2.19. The van der Waals surface area contributed by atoms with Crippen LogP contribution in [0.25, 0.3) is 0 Å². The number of nitrogens with two attached hydrogens (primary N) is 1. The molecular weight excluding hydrogens is 148 g/mol. The third-order valence-electron chi connectivity index (χ3n) is 3.32. The molecule has 0 saturated heterocycles. The van der Waals surface area contributed by atoms with Crippen molar-refractivity contribution in [1.29, 1.82) is 0 Å². The molecule has 3 unspecified atom stereocenters. The Morgan fingerprint density at radius 1 is 1.36 bits per heavy atom. The van der Waals surface area contributed by atoms with Gasteiger partial charge in [0.15, 0.2) is 0 Å². The average Bonchev–Trinajstić information content (AvgIpc) is 2.40. The summed E-state index contributed by atoms with van der Waals surface area (Å²) in [6.07, 6.45) is 2.07. The van der Waals surface area contributed by atoms with Crippen LogP contribution in [0.1, 0.15) is 19.3 Å². The van der Waals surface area contributed by atoms with E-state index in [-0.39, 0.29) is 11.8 Å². The lowest BCUT2D eigenvalue weighted by atomic mass is 9.89. The standard InChI is InChI=1S/C8H13F2N/c9-8(10)6-1-2-7(8)5(3-6)4-11/h5-7H,1-4,11H2. The van der Waals surface area contributed by atoms with Crippen molar-refractivity contribution in [3.05, 3.63) is 0 Å². The summed E-state index contributed by atoms with van der Waals surface area (Å²) in [7, 11) is 0. The summed E-state index contributed by atoms with van der Waals surface area (Å²) in [5, 5.41) is 0. The highest BCUT2D eigenvalue weighted by atomic mass is 19.3. The highest BCUT2D eigenvalue weighted by Gasteiger charge is 2.60. The predicted molar refractivity (Wildman–Crippen MR) is 38.3 cm³/mol. The van der Waals surface area contributed by atoms with Gasteiger partial charge in [-0.15, -0.1) is 0 Å². The Morgan fingerprint density at radius 3 is 2.36 bits per heavy atom. The Morgan fingerprint density at radius 2 is 2.09 bits per heavy atom. The molecule has 11 heavy (non-hydrogen) atoms. The van der Waals surface area contributed by atoms with Crippen LogP contribution in [0.4, 0.5) is 8.78 Å². The molecule has 0 aliphatic heterocycles. The Hall–Kier alpha value is -0.180. The monoisotopic (exact) mass is 161 g/mol. The Bertz CT molecular complexity index is 169. The molecule has 0 spiro atoms. The van der Waals surface area contributed by atoms with E-state index in [1.165, 1.54) is 0 Å². The highest BCUT2D eigenvalue weighted by Crippen LogP contribution is 2.57. The second-order valence-electron chi connectivity index (χ2n) is 3.79. The molecule has 0 aromatic carbocycles. The summed E-state index contributed by atoms with van der Waals surface area (Å²) in [6.45, 7) is 0.441. The average molecular weight is 161 g/mol. The minimum absolute atomic E-state index is 0.101. The molecule has 0 aromatic rings. The molecule has 1 nitrogen and oxygen atoms in total. The second-order valence-corrected chi connectivity index (χ2v) is 3.79. The molecule has 0 heterocycles. The van der Waals surface area contributed by atoms with Crippen LogP contribution in [0.5, 0.6) is 0 Å². The lowest BCUT2D eigenvalue weighted by Crippen LogP contribution is -2.26. The predicted octanol–water partition coefficient (Wildman–Crippen LogP) is 1.63. The van der Waals surface area contributed by atoms with E-state index in [2.05, 4.69) is 0 Å². The number of alkyl halides is 2. The lowest BCUT2D eigenvalue weighted by Gasteiger charge is -2.18. The quantitative estimate of drug-likeness (QED) is 0.621. The fraction of sp³-hybridized carbons (Fsp3) is 1.00. The van der Waals surface area contributed by atoms with Crippen molar-refractivity contribution in [2.24, 2.45) is 23.5 Å². The molecule has 2 aliphatic carbocycles. The number of rotatable bonds is 1. The van der Waals surface area contributed by atoms with Gasteiger partial charge in [-0.2, -0.15) is 0 Å². The maximum atomic E-state index is 13.2. The first-order valence-electron chi connectivity index (χ1n) is 4.24. The van der Waals surface area contributed by atoms with E-state index < -0.39 is 11.8 Å². The van der Waals surface area contributed by atoms with E-state index in [0.29, 0.717) is 25.8 Å². The van der Waals surface area contributed by atoms with Crippen LogP contribution in [0.3, 0.4) is 0 Å². The van der Waals surface area contributed by atoms with E-state index in [1.54, 1.807) is 0 Å². The van der Waals surface area contributed by atoms with Crippen LogP contribution in [0.15, 0.2) is 0 Å². The van der Waals surface area contributed by atoms with Crippen molar-refractivity contribution in [1.82, 2.24) is 0 Å². The molecular formula is C8H13F2N. The molecule has 3 heteroatoms. The molecule has 2 aliphatic rings. The fourth-order valence-corrected chi connectivity index (χ4v) is 2.68. The summed E-state index contributed by atoms with van der Waals surface area (Å²) in [5.74, 6) is -3.02. The first-order valence-corrected chi connectivity index (χ1v) is 4.24. The maximum Gasteiger partial charge on any atom is 0.254 e. The topological polar surface area (TPSA) is 26.0 Å². The fourth-order valence-electron chi connectivity index (χ4n) is 2.68. The minimum Gasteiger partial charge on any atom is -0.330 e. The van der Waals surface area contributed by atoms with Crippen LogP contribution >= 0.6 is 0 Å². The number of fused-ring (bicyclic) bond motifs is 2. The molecule has 0 aromatic heterocycles. The van der Waals surface area contributed by atoms with Crippen molar-refractivity contribution < 1.29 is 8.78 Å². The molecule has 2 N–H and O–H groups in total. The van der Waals surface area contributed by atoms with Gasteiger partial charge >= 0.3 is 0 Å². The second kappa shape index (κ2) is 2.16. The molecule has 0 radical (unpaired) electrons. The normalized spacial score (nSPS) is 46.6. The summed E-state index contributed by atoms with van der Waals surface area (Å²) < 4.78 is 26.4. The van der Waals surface area contributed by atoms with Crippen LogP contribution in [0.2, 0.25) is 0 Å². The van der Waals surface area contributed by atoms with Gasteiger partial charge in [0.1, 0.15) is 0 Å². The van der Waals surface area contributed by atoms with Gasteiger partial charge in [0.25, 0.3) is 5.92 Å². The van der Waals surface area contributed by atoms with Crippen LogP contribution in [-0.4, -0.2) is 12.5 Å². The van der Waals surface area contributed by atoms with Crippen molar-refractivity contribution in [3.8, 4) is 0 Å². The first-order chi connectivity index (χ1) is 5.16. The van der Waals surface area contributed by atoms with Crippen LogP contribution in [0, 0.1) is 17.8 Å². The minimum atomic E-state index is -2.38. The van der Waals surface area contributed by atoms with E-state index in [9.17, 15) is 8.78 Å². The third-order valence-corrected chi connectivity index (χ3v) is 3.32. The van der Waals surface area contributed by atoms with Gasteiger partial charge in [-0.3, -0.25) is 0 Å². The Kier molecular flexibility index (Phi) is 1.46. The molecule has 2 saturated carbocycles. The lowest BCUT2D eigenvalue weighted by molar-refractivity contribution is -0.0496. The van der Waals surface area contributed by atoms with Gasteiger partial charge in [0.2, 0.25) is 0 Å². The molecule has 3 atom stereocenters. The molecule has 0 amide bonds. The zero-order chi connectivity index (χ0) is 8.06. The zero-order valence-corrected chi connectivity index (χ0v) is 6.39.